The number of fused-ring (bicyclic) bond motifs is 6. The molecule has 0 aliphatic heterocycles. The predicted molar refractivity (Wildman–Crippen MR) is 103 cm³/mol. The fraction of sp³-hybridized carbons (Fsp3) is 0.222. The predicted octanol–water partition coefficient (Wildman–Crippen LogP) is 3.80. The Morgan fingerprint density at radius 2 is 1.25 bits per heavy atom. The number of carbonyl (C=O) groups excluding carboxylic acids is 2. The molecule has 28 heavy (non-hydrogen) atoms. The third kappa shape index (κ3) is 2.68. The SMILES string of the molecule is CCOC(=O)c1ncn2c3cc(Cl)c(Cl)cc3n3cnc(C(=O)OCC)c3c12. The van der Waals surface area contributed by atoms with Gasteiger partial charge < -0.3 is 9.47 Å². The maximum absolute atomic E-state index is 12.5. The molecule has 0 bridgehead atoms. The first-order chi connectivity index (χ1) is 13.5. The first kappa shape index (κ1) is 18.5. The van der Waals surface area contributed by atoms with Crippen molar-refractivity contribution in [3.63, 3.8) is 0 Å². The van der Waals surface area contributed by atoms with Crippen molar-refractivity contribution in [1.82, 2.24) is 18.8 Å². The maximum atomic E-state index is 12.5. The highest BCUT2D eigenvalue weighted by molar-refractivity contribution is 6.42. The van der Waals surface area contributed by atoms with Gasteiger partial charge in [-0.2, -0.15) is 0 Å². The molecule has 8 nitrogen and oxygen atoms in total. The zero-order chi connectivity index (χ0) is 20.0. The molecule has 3 aromatic heterocycles. The molecule has 4 aromatic rings. The smallest absolute Gasteiger partial charge is 0.359 e. The van der Waals surface area contributed by atoms with Gasteiger partial charge in [-0.1, -0.05) is 23.2 Å². The van der Waals surface area contributed by atoms with E-state index in [2.05, 4.69) is 9.97 Å². The molecule has 4 rings (SSSR count). The summed E-state index contributed by atoms with van der Waals surface area (Å²) in [6.45, 7) is 3.78. The summed E-state index contributed by atoms with van der Waals surface area (Å²) in [5.74, 6) is -1.22. The van der Waals surface area contributed by atoms with Gasteiger partial charge in [-0.15, -0.1) is 0 Å². The quantitative estimate of drug-likeness (QED) is 0.466. The molecular formula is C18H14Cl2N4O4. The van der Waals surface area contributed by atoms with Gasteiger partial charge in [0.05, 0.1) is 34.3 Å². The van der Waals surface area contributed by atoms with Crippen LogP contribution in [-0.4, -0.2) is 43.9 Å². The number of aromatic nitrogens is 4. The molecule has 0 saturated carbocycles. The number of esters is 2. The highest BCUT2D eigenvalue weighted by Crippen LogP contribution is 2.32. The summed E-state index contributed by atoms with van der Waals surface area (Å²) in [5, 5.41) is 0.680. The van der Waals surface area contributed by atoms with Gasteiger partial charge in [0.1, 0.15) is 23.7 Å². The van der Waals surface area contributed by atoms with Crippen LogP contribution in [0.25, 0.3) is 22.1 Å². The van der Waals surface area contributed by atoms with Crippen LogP contribution >= 0.6 is 23.2 Å². The molecule has 0 spiro atoms. The highest BCUT2D eigenvalue weighted by atomic mass is 35.5. The molecule has 144 valence electrons. The second-order valence-electron chi connectivity index (χ2n) is 5.82. The van der Waals surface area contributed by atoms with Crippen LogP contribution in [0.2, 0.25) is 10.0 Å². The van der Waals surface area contributed by atoms with Gasteiger partial charge in [-0.25, -0.2) is 19.6 Å². The summed E-state index contributed by atoms with van der Waals surface area (Å²) in [4.78, 5) is 33.3. The van der Waals surface area contributed by atoms with E-state index < -0.39 is 11.9 Å². The molecule has 0 fully saturated rings. The second kappa shape index (κ2) is 6.96. The van der Waals surface area contributed by atoms with Gasteiger partial charge in [0.15, 0.2) is 11.4 Å². The van der Waals surface area contributed by atoms with E-state index in [0.29, 0.717) is 32.1 Å². The summed E-state index contributed by atoms with van der Waals surface area (Å²) in [6.07, 6.45) is 2.94. The largest absolute Gasteiger partial charge is 0.461 e. The lowest BCUT2D eigenvalue weighted by atomic mass is 10.2. The first-order valence-corrected chi connectivity index (χ1v) is 9.22. The Kier molecular flexibility index (Phi) is 4.60. The Bertz CT molecular complexity index is 1160. The minimum Gasteiger partial charge on any atom is -0.461 e. The standard InChI is InChI=1S/C18H14Cl2N4O4/c1-3-27-17(25)13-15-16-14(18(26)28-4-2)22-8-24(16)12-6-10(20)9(19)5-11(12)23(15)7-21-13/h5-8H,3-4H2,1-2H3. The third-order valence-electron chi connectivity index (χ3n) is 4.23. The molecule has 0 aliphatic carbocycles. The van der Waals surface area contributed by atoms with Gasteiger partial charge in [0.2, 0.25) is 0 Å². The van der Waals surface area contributed by atoms with E-state index in [1.165, 1.54) is 12.7 Å². The summed E-state index contributed by atoms with van der Waals surface area (Å²) in [7, 11) is 0. The van der Waals surface area contributed by atoms with E-state index in [4.69, 9.17) is 32.7 Å². The third-order valence-corrected chi connectivity index (χ3v) is 4.96. The van der Waals surface area contributed by atoms with Crippen molar-refractivity contribution in [1.29, 1.82) is 0 Å². The lowest BCUT2D eigenvalue weighted by Gasteiger charge is -2.10. The molecule has 0 amide bonds. The van der Waals surface area contributed by atoms with Crippen LogP contribution in [0.5, 0.6) is 0 Å². The number of halogens is 2. The number of hydrogen-bond acceptors (Lipinski definition) is 6. The second-order valence-corrected chi connectivity index (χ2v) is 6.63. The van der Waals surface area contributed by atoms with E-state index in [1.807, 2.05) is 0 Å². The zero-order valence-electron chi connectivity index (χ0n) is 14.9. The highest BCUT2D eigenvalue weighted by Gasteiger charge is 2.26. The van der Waals surface area contributed by atoms with Crippen LogP contribution in [0, 0.1) is 0 Å². The van der Waals surface area contributed by atoms with E-state index >= 15 is 0 Å². The number of carbonyl (C=O) groups is 2. The van der Waals surface area contributed by atoms with Crippen molar-refractivity contribution in [2.24, 2.45) is 0 Å². The van der Waals surface area contributed by atoms with Gasteiger partial charge in [-0.3, -0.25) is 8.80 Å². The van der Waals surface area contributed by atoms with Crippen LogP contribution in [-0.2, 0) is 9.47 Å². The fourth-order valence-electron chi connectivity index (χ4n) is 3.12. The van der Waals surface area contributed by atoms with Crippen molar-refractivity contribution < 1.29 is 19.1 Å². The summed E-state index contributed by atoms with van der Waals surface area (Å²) in [5.41, 5.74) is 2.12. The van der Waals surface area contributed by atoms with E-state index in [1.54, 1.807) is 34.8 Å². The van der Waals surface area contributed by atoms with Crippen LogP contribution in [0.3, 0.4) is 0 Å². The minimum absolute atomic E-state index is 0.0610. The van der Waals surface area contributed by atoms with Gasteiger partial charge in [0.25, 0.3) is 0 Å². The zero-order valence-corrected chi connectivity index (χ0v) is 16.4. The Labute approximate surface area is 168 Å². The van der Waals surface area contributed by atoms with E-state index in [9.17, 15) is 9.59 Å². The first-order valence-electron chi connectivity index (χ1n) is 8.47. The lowest BCUT2D eigenvalue weighted by molar-refractivity contribution is 0.0511. The molecule has 0 aliphatic rings. The van der Waals surface area contributed by atoms with Crippen molar-refractivity contribution in [2.75, 3.05) is 13.2 Å². The van der Waals surface area contributed by atoms with Crippen LogP contribution in [0.4, 0.5) is 0 Å². The van der Waals surface area contributed by atoms with Gasteiger partial charge in [-0.05, 0) is 26.0 Å². The molecule has 0 atom stereocenters. The van der Waals surface area contributed by atoms with Crippen LogP contribution in [0.15, 0.2) is 24.8 Å². The lowest BCUT2D eigenvalue weighted by Crippen LogP contribution is -2.09. The van der Waals surface area contributed by atoms with Crippen molar-refractivity contribution >= 4 is 57.2 Å². The summed E-state index contributed by atoms with van der Waals surface area (Å²) >= 11 is 12.4. The molecule has 0 unspecified atom stereocenters. The fourth-order valence-corrected chi connectivity index (χ4v) is 3.44. The number of imidazole rings is 2. The van der Waals surface area contributed by atoms with Crippen LogP contribution < -0.4 is 0 Å². The molecule has 1 aromatic carbocycles. The number of ether oxygens (including phenoxy) is 2. The molecule has 0 saturated heterocycles. The normalized spacial score (nSPS) is 11.4. The Balaban J connectivity index is 2.20. The molecule has 0 radical (unpaired) electrons. The minimum atomic E-state index is -0.609. The van der Waals surface area contributed by atoms with Crippen molar-refractivity contribution in [2.45, 2.75) is 13.8 Å². The molecule has 3 heterocycles. The Morgan fingerprint density at radius 3 is 1.61 bits per heavy atom. The maximum Gasteiger partial charge on any atom is 0.359 e. The number of benzene rings is 1. The van der Waals surface area contributed by atoms with Crippen molar-refractivity contribution in [3.05, 3.63) is 46.2 Å². The average Bonchev–Trinajstić information content (AvgIpc) is 3.28. The molecule has 0 N–H and O–H groups in total. The number of rotatable bonds is 4. The monoisotopic (exact) mass is 420 g/mol. The van der Waals surface area contributed by atoms with Gasteiger partial charge >= 0.3 is 11.9 Å². The van der Waals surface area contributed by atoms with Crippen molar-refractivity contribution in [3.8, 4) is 0 Å². The Morgan fingerprint density at radius 1 is 0.857 bits per heavy atom. The van der Waals surface area contributed by atoms with Gasteiger partial charge in [0, 0.05) is 0 Å². The molecule has 10 heteroatoms. The summed E-state index contributed by atoms with van der Waals surface area (Å²) < 4.78 is 13.5. The van der Waals surface area contributed by atoms with E-state index in [-0.39, 0.29) is 24.6 Å². The summed E-state index contributed by atoms with van der Waals surface area (Å²) in [6, 6.07) is 3.32. The molecular weight excluding hydrogens is 407 g/mol. The van der Waals surface area contributed by atoms with Crippen LogP contribution in [0.1, 0.15) is 34.8 Å². The topological polar surface area (TPSA) is 87.2 Å². The number of nitrogens with zero attached hydrogens (tertiary/aromatic N) is 4. The van der Waals surface area contributed by atoms with E-state index in [0.717, 1.165) is 0 Å². The Hall–Kier alpha value is -2.84. The number of hydrogen-bond donors (Lipinski definition) is 0. The average molecular weight is 421 g/mol.